The van der Waals surface area contributed by atoms with Crippen molar-refractivity contribution in [3.63, 3.8) is 0 Å². The largest absolute Gasteiger partial charge is 0.355 e. The standard InChI is InChI=1S/C10H9Cl2N.C9H14N4O2S.C3H8/c1-6-5-7-9(13(6)2)4-3-8(11)10(7)12;1-7(15)12-16-13-3-2-9(11-6-14)8(4-10)5-13;1-3-2/h3-5H,1-2H3;6,8-9H,2-3,5H2,1H3,(H,11,14)(H,12,15);3H2,1-2H3. The number of fused-ring (bicyclic) bond motifs is 1. The van der Waals surface area contributed by atoms with Gasteiger partial charge in [0.1, 0.15) is 0 Å². The molecule has 32 heavy (non-hydrogen) atoms. The van der Waals surface area contributed by atoms with E-state index in [1.54, 1.807) is 0 Å². The molecule has 2 N–H and O–H groups in total. The molecule has 0 spiro atoms. The molecule has 0 radical (unpaired) electrons. The van der Waals surface area contributed by atoms with Gasteiger partial charge in [0.15, 0.2) is 0 Å². The molecule has 1 aromatic carbocycles. The highest BCUT2D eigenvalue weighted by Gasteiger charge is 2.29. The molecule has 0 saturated carbocycles. The zero-order valence-electron chi connectivity index (χ0n) is 19.1. The zero-order valence-corrected chi connectivity index (χ0v) is 21.4. The van der Waals surface area contributed by atoms with E-state index in [1.165, 1.54) is 31.2 Å². The molecule has 7 nitrogen and oxygen atoms in total. The maximum atomic E-state index is 10.7. The van der Waals surface area contributed by atoms with E-state index in [2.05, 4.69) is 34.5 Å². The average molecular weight is 500 g/mol. The summed E-state index contributed by atoms with van der Waals surface area (Å²) < 4.78 is 6.62. The molecule has 1 saturated heterocycles. The van der Waals surface area contributed by atoms with Crippen LogP contribution in [0.4, 0.5) is 0 Å². The van der Waals surface area contributed by atoms with Crippen molar-refractivity contribution in [3.05, 3.63) is 33.9 Å². The van der Waals surface area contributed by atoms with Crippen LogP contribution in [0.15, 0.2) is 18.2 Å². The lowest BCUT2D eigenvalue weighted by Gasteiger charge is -2.33. The third kappa shape index (κ3) is 8.21. The number of benzene rings is 1. The summed E-state index contributed by atoms with van der Waals surface area (Å²) in [6, 6.07) is 7.93. The van der Waals surface area contributed by atoms with Crippen molar-refractivity contribution in [2.75, 3.05) is 13.1 Å². The highest BCUT2D eigenvalue weighted by molar-refractivity contribution is 7.95. The number of halogens is 2. The van der Waals surface area contributed by atoms with Gasteiger partial charge in [0.2, 0.25) is 12.3 Å². The molecule has 1 aromatic heterocycles. The van der Waals surface area contributed by atoms with E-state index in [0.29, 0.717) is 29.4 Å². The van der Waals surface area contributed by atoms with E-state index >= 15 is 0 Å². The molecule has 1 aliphatic rings. The lowest BCUT2D eigenvalue weighted by atomic mass is 9.95. The van der Waals surface area contributed by atoms with Crippen LogP contribution in [0, 0.1) is 24.2 Å². The SMILES string of the molecule is CC(=O)NSN1CCC(NC=O)C(C#N)C1.CCC.Cc1cc2c(Cl)c(Cl)ccc2n1C. The van der Waals surface area contributed by atoms with Crippen molar-refractivity contribution in [2.45, 2.75) is 46.6 Å². The third-order valence-corrected chi connectivity index (χ3v) is 6.48. The van der Waals surface area contributed by atoms with E-state index < -0.39 is 0 Å². The monoisotopic (exact) mass is 499 g/mol. The van der Waals surface area contributed by atoms with Gasteiger partial charge in [0.05, 0.1) is 22.0 Å². The van der Waals surface area contributed by atoms with Gasteiger partial charge in [-0.05, 0) is 31.5 Å². The lowest BCUT2D eigenvalue weighted by Crippen LogP contribution is -2.47. The molecular weight excluding hydrogens is 469 g/mol. The smallest absolute Gasteiger partial charge is 0.227 e. The zero-order chi connectivity index (χ0) is 24.3. The average Bonchev–Trinajstić information content (AvgIpc) is 3.05. The molecule has 2 aromatic rings. The molecule has 2 amide bonds. The summed E-state index contributed by atoms with van der Waals surface area (Å²) >= 11 is 13.2. The van der Waals surface area contributed by atoms with Crippen molar-refractivity contribution in [3.8, 4) is 6.07 Å². The Morgan fingerprint density at radius 3 is 2.59 bits per heavy atom. The van der Waals surface area contributed by atoms with Crippen molar-refractivity contribution in [2.24, 2.45) is 13.0 Å². The van der Waals surface area contributed by atoms with Gasteiger partial charge in [-0.2, -0.15) is 5.26 Å². The topological polar surface area (TPSA) is 90.2 Å². The minimum Gasteiger partial charge on any atom is -0.355 e. The first kappa shape index (κ1) is 28.1. The Balaban J connectivity index is 0.000000289. The van der Waals surface area contributed by atoms with Crippen LogP contribution in [0.1, 0.15) is 39.3 Å². The van der Waals surface area contributed by atoms with Crippen molar-refractivity contribution >= 4 is 58.6 Å². The van der Waals surface area contributed by atoms with Crippen molar-refractivity contribution < 1.29 is 9.59 Å². The summed E-state index contributed by atoms with van der Waals surface area (Å²) in [6.45, 7) is 9.00. The normalized spacial score (nSPS) is 17.8. The number of aryl methyl sites for hydroxylation is 2. The number of carbonyl (C=O) groups excluding carboxylic acids is 2. The molecule has 2 unspecified atom stereocenters. The number of hydrogen-bond acceptors (Lipinski definition) is 5. The van der Waals surface area contributed by atoms with Crippen LogP contribution in [-0.2, 0) is 16.6 Å². The van der Waals surface area contributed by atoms with Gasteiger partial charge < -0.3 is 9.88 Å². The summed E-state index contributed by atoms with van der Waals surface area (Å²) in [5.74, 6) is -0.355. The molecule has 1 aliphatic heterocycles. The fourth-order valence-electron chi connectivity index (χ4n) is 3.03. The first-order valence-corrected chi connectivity index (χ1v) is 11.9. The minimum atomic E-state index is -0.236. The van der Waals surface area contributed by atoms with Crippen LogP contribution in [0.3, 0.4) is 0 Å². The van der Waals surface area contributed by atoms with Gasteiger partial charge in [-0.15, -0.1) is 0 Å². The van der Waals surface area contributed by atoms with E-state index in [0.717, 1.165) is 17.4 Å². The summed E-state index contributed by atoms with van der Waals surface area (Å²) in [5.41, 5.74) is 2.30. The Morgan fingerprint density at radius 1 is 1.38 bits per heavy atom. The highest BCUT2D eigenvalue weighted by Crippen LogP contribution is 2.32. The maximum absolute atomic E-state index is 10.7. The van der Waals surface area contributed by atoms with Crippen LogP contribution in [0.2, 0.25) is 10.0 Å². The second kappa shape index (κ2) is 14.3. The predicted molar refractivity (Wildman–Crippen MR) is 133 cm³/mol. The Kier molecular flexibility index (Phi) is 12.5. The fourth-order valence-corrected chi connectivity index (χ4v) is 4.10. The van der Waals surface area contributed by atoms with Crippen LogP contribution in [0.25, 0.3) is 10.9 Å². The van der Waals surface area contributed by atoms with E-state index in [4.69, 9.17) is 28.5 Å². The molecule has 3 rings (SSSR count). The number of nitriles is 1. The fraction of sp³-hybridized carbons (Fsp3) is 0.500. The molecule has 2 heterocycles. The van der Waals surface area contributed by atoms with Crippen molar-refractivity contribution in [1.82, 2.24) is 18.9 Å². The highest BCUT2D eigenvalue weighted by atomic mass is 35.5. The maximum Gasteiger partial charge on any atom is 0.227 e. The van der Waals surface area contributed by atoms with Crippen molar-refractivity contribution in [1.29, 1.82) is 5.26 Å². The Bertz CT molecular complexity index is 945. The summed E-state index contributed by atoms with van der Waals surface area (Å²) in [5, 5.41) is 13.9. The minimum absolute atomic E-state index is 0.0864. The van der Waals surface area contributed by atoms with Crippen LogP contribution < -0.4 is 10.0 Å². The van der Waals surface area contributed by atoms with E-state index in [-0.39, 0.29) is 17.9 Å². The number of hydrogen-bond donors (Lipinski definition) is 2. The molecule has 10 heteroatoms. The van der Waals surface area contributed by atoms with Gasteiger partial charge in [-0.3, -0.25) is 14.3 Å². The first-order chi connectivity index (χ1) is 15.2. The van der Waals surface area contributed by atoms with Crippen LogP contribution in [-0.4, -0.2) is 40.3 Å². The molecular formula is C22H31Cl2N5O2S. The second-order valence-corrected chi connectivity index (χ2v) is 9.09. The van der Waals surface area contributed by atoms with Gasteiger partial charge in [-0.1, -0.05) is 43.5 Å². The summed E-state index contributed by atoms with van der Waals surface area (Å²) in [6.07, 6.45) is 2.59. The summed E-state index contributed by atoms with van der Waals surface area (Å²) in [4.78, 5) is 21.1. The number of rotatable bonds is 4. The van der Waals surface area contributed by atoms with E-state index in [1.807, 2.05) is 36.5 Å². The molecule has 0 bridgehead atoms. The first-order valence-electron chi connectivity index (χ1n) is 10.4. The number of piperidine rings is 1. The quantitative estimate of drug-likeness (QED) is 0.463. The number of nitrogens with zero attached hydrogens (tertiary/aromatic N) is 3. The molecule has 2 atom stereocenters. The van der Waals surface area contributed by atoms with Crippen LogP contribution >= 0.6 is 35.3 Å². The molecule has 1 fully saturated rings. The van der Waals surface area contributed by atoms with Gasteiger partial charge in [0.25, 0.3) is 0 Å². The van der Waals surface area contributed by atoms with E-state index in [9.17, 15) is 9.59 Å². The van der Waals surface area contributed by atoms with Crippen LogP contribution in [0.5, 0.6) is 0 Å². The number of carbonyl (C=O) groups is 2. The van der Waals surface area contributed by atoms with Gasteiger partial charge >= 0.3 is 0 Å². The third-order valence-electron chi connectivity index (χ3n) is 4.70. The number of aromatic nitrogens is 1. The second-order valence-electron chi connectivity index (χ2n) is 7.40. The Hall–Kier alpha value is -1.92. The Morgan fingerprint density at radius 2 is 2.03 bits per heavy atom. The molecule has 176 valence electrons. The Labute approximate surface area is 204 Å². The van der Waals surface area contributed by atoms with Gasteiger partial charge in [0, 0.05) is 61.8 Å². The lowest BCUT2D eigenvalue weighted by molar-refractivity contribution is -0.117. The number of nitrogens with one attached hydrogen (secondary N) is 2. The molecule has 0 aliphatic carbocycles. The predicted octanol–water partition coefficient (Wildman–Crippen LogP) is 4.86. The number of amides is 2. The van der Waals surface area contributed by atoms with Gasteiger partial charge in [-0.25, -0.2) is 4.31 Å². The summed E-state index contributed by atoms with van der Waals surface area (Å²) in [7, 11) is 2.02.